The molecule has 2 aromatic rings. The first-order chi connectivity index (χ1) is 14.4. The number of carbonyl (C=O) groups is 2. The minimum atomic E-state index is -1.65. The van der Waals surface area contributed by atoms with E-state index < -0.39 is 35.1 Å². The number of fused-ring (bicyclic) bond motifs is 1. The molecule has 1 N–H and O–H groups in total. The third-order valence-electron chi connectivity index (χ3n) is 5.99. The quantitative estimate of drug-likeness (QED) is 0.675. The Morgan fingerprint density at radius 3 is 2.57 bits per heavy atom. The van der Waals surface area contributed by atoms with Gasteiger partial charge in [0.25, 0.3) is 5.91 Å². The number of amides is 2. The first kappa shape index (κ1) is 20.7. The van der Waals surface area contributed by atoms with Crippen molar-refractivity contribution in [1.29, 1.82) is 0 Å². The fourth-order valence-corrected chi connectivity index (χ4v) is 4.79. The van der Waals surface area contributed by atoms with Gasteiger partial charge in [-0.05, 0) is 55.5 Å². The zero-order chi connectivity index (χ0) is 21.4. The van der Waals surface area contributed by atoms with Crippen LogP contribution in [-0.2, 0) is 4.79 Å². The number of rotatable bonds is 3. The van der Waals surface area contributed by atoms with E-state index in [0.717, 1.165) is 37.8 Å². The molecule has 0 spiro atoms. The number of nitrogens with one attached hydrogen (secondary N) is 1. The first-order valence-corrected chi connectivity index (χ1v) is 10.3. The highest BCUT2D eigenvalue weighted by Gasteiger charge is 2.47. The van der Waals surface area contributed by atoms with Crippen molar-refractivity contribution < 1.29 is 22.8 Å². The van der Waals surface area contributed by atoms with Crippen LogP contribution in [0.5, 0.6) is 0 Å². The van der Waals surface area contributed by atoms with Crippen LogP contribution in [0.1, 0.15) is 42.5 Å². The first-order valence-electron chi connectivity index (χ1n) is 9.89. The van der Waals surface area contributed by atoms with Crippen LogP contribution in [0.3, 0.4) is 0 Å². The van der Waals surface area contributed by atoms with Crippen molar-refractivity contribution in [3.05, 3.63) is 64.4 Å². The third-order valence-corrected chi connectivity index (χ3v) is 6.22. The highest BCUT2D eigenvalue weighted by atomic mass is 35.5. The lowest BCUT2D eigenvalue weighted by Gasteiger charge is -2.33. The largest absolute Gasteiger partial charge is 0.323 e. The lowest BCUT2D eigenvalue weighted by molar-refractivity contribution is -0.120. The normalized spacial score (nSPS) is 23.2. The zero-order valence-electron chi connectivity index (χ0n) is 16.0. The Morgan fingerprint density at radius 1 is 1.03 bits per heavy atom. The van der Waals surface area contributed by atoms with Crippen molar-refractivity contribution in [2.75, 3.05) is 5.32 Å². The van der Waals surface area contributed by atoms with Gasteiger partial charge >= 0.3 is 0 Å². The molecule has 0 unspecified atom stereocenters. The van der Waals surface area contributed by atoms with Gasteiger partial charge in [-0.1, -0.05) is 30.5 Å². The molecule has 1 saturated heterocycles. The highest BCUT2D eigenvalue weighted by molar-refractivity contribution is 6.31. The standard InChI is InChI=1S/C22H20ClF3N2O2/c23-14-6-3-5-13(10-14)22(30)28-17-7-2-1-4-12(17)11-18(28)21(29)27-16-9-8-15(24)19(25)20(16)26/h3,5-6,8-10,12,17-18H,1-2,4,7,11H2,(H,27,29)/t12-,17-,18-/m0/s1. The average Bonchev–Trinajstić information content (AvgIpc) is 3.13. The van der Waals surface area contributed by atoms with Crippen LogP contribution < -0.4 is 5.32 Å². The maximum atomic E-state index is 14.0. The molecular weight excluding hydrogens is 417 g/mol. The van der Waals surface area contributed by atoms with E-state index in [1.807, 2.05) is 0 Å². The van der Waals surface area contributed by atoms with Crippen molar-refractivity contribution in [1.82, 2.24) is 4.90 Å². The van der Waals surface area contributed by atoms with E-state index in [4.69, 9.17) is 11.6 Å². The number of hydrogen-bond acceptors (Lipinski definition) is 2. The average molecular weight is 437 g/mol. The molecule has 0 radical (unpaired) electrons. The molecule has 4 rings (SSSR count). The van der Waals surface area contributed by atoms with Crippen molar-refractivity contribution in [2.24, 2.45) is 5.92 Å². The van der Waals surface area contributed by atoms with Crippen LogP contribution in [0.15, 0.2) is 36.4 Å². The third kappa shape index (κ3) is 3.78. The molecule has 0 bridgehead atoms. The predicted molar refractivity (Wildman–Crippen MR) is 107 cm³/mol. The molecule has 1 saturated carbocycles. The van der Waals surface area contributed by atoms with Gasteiger partial charge in [0.05, 0.1) is 5.69 Å². The van der Waals surface area contributed by atoms with Gasteiger partial charge in [-0.25, -0.2) is 13.2 Å². The summed E-state index contributed by atoms with van der Waals surface area (Å²) in [7, 11) is 0. The van der Waals surface area contributed by atoms with Crippen molar-refractivity contribution in [3.63, 3.8) is 0 Å². The van der Waals surface area contributed by atoms with Gasteiger partial charge in [-0.2, -0.15) is 0 Å². The Morgan fingerprint density at radius 2 is 1.80 bits per heavy atom. The maximum Gasteiger partial charge on any atom is 0.254 e. The monoisotopic (exact) mass is 436 g/mol. The molecule has 8 heteroatoms. The van der Waals surface area contributed by atoms with Gasteiger partial charge in [-0.15, -0.1) is 0 Å². The van der Waals surface area contributed by atoms with Crippen LogP contribution in [0.25, 0.3) is 0 Å². The summed E-state index contributed by atoms with van der Waals surface area (Å²) >= 11 is 6.03. The van der Waals surface area contributed by atoms with E-state index >= 15 is 0 Å². The minimum absolute atomic E-state index is 0.101. The van der Waals surface area contributed by atoms with Crippen LogP contribution >= 0.6 is 11.6 Å². The molecule has 4 nitrogen and oxygen atoms in total. The van der Waals surface area contributed by atoms with Crippen LogP contribution in [0.4, 0.5) is 18.9 Å². The lowest BCUT2D eigenvalue weighted by atomic mass is 9.84. The molecule has 158 valence electrons. The minimum Gasteiger partial charge on any atom is -0.323 e. The summed E-state index contributed by atoms with van der Waals surface area (Å²) < 4.78 is 40.8. The van der Waals surface area contributed by atoms with Gasteiger partial charge in [-0.3, -0.25) is 9.59 Å². The van der Waals surface area contributed by atoms with E-state index in [1.54, 1.807) is 29.2 Å². The van der Waals surface area contributed by atoms with E-state index in [0.29, 0.717) is 17.0 Å². The molecule has 1 heterocycles. The number of anilines is 1. The molecule has 2 aromatic carbocycles. The summed E-state index contributed by atoms with van der Waals surface area (Å²) in [6.45, 7) is 0. The summed E-state index contributed by atoms with van der Waals surface area (Å²) in [5.74, 6) is -5.24. The lowest BCUT2D eigenvalue weighted by Crippen LogP contribution is -2.47. The fourth-order valence-electron chi connectivity index (χ4n) is 4.60. The van der Waals surface area contributed by atoms with Gasteiger partial charge < -0.3 is 10.2 Å². The number of hydrogen-bond donors (Lipinski definition) is 1. The second kappa shape index (κ2) is 8.30. The van der Waals surface area contributed by atoms with E-state index in [2.05, 4.69) is 5.32 Å². The molecule has 3 atom stereocenters. The summed E-state index contributed by atoms with van der Waals surface area (Å²) in [6, 6.07) is 7.28. The van der Waals surface area contributed by atoms with Crippen molar-refractivity contribution in [2.45, 2.75) is 44.2 Å². The number of nitrogens with zero attached hydrogens (tertiary/aromatic N) is 1. The smallest absolute Gasteiger partial charge is 0.254 e. The molecule has 1 aliphatic carbocycles. The second-order valence-electron chi connectivity index (χ2n) is 7.80. The van der Waals surface area contributed by atoms with Crippen molar-refractivity contribution >= 4 is 29.1 Å². The van der Waals surface area contributed by atoms with Gasteiger partial charge in [0.1, 0.15) is 6.04 Å². The molecule has 2 aliphatic rings. The zero-order valence-corrected chi connectivity index (χ0v) is 16.8. The summed E-state index contributed by atoms with van der Waals surface area (Å²) in [4.78, 5) is 27.9. The Labute approximate surface area is 177 Å². The summed E-state index contributed by atoms with van der Waals surface area (Å²) in [5.41, 5.74) is -0.0885. The van der Waals surface area contributed by atoms with Crippen LogP contribution in [-0.4, -0.2) is 28.8 Å². The number of halogens is 4. The number of carbonyl (C=O) groups excluding carboxylic acids is 2. The topological polar surface area (TPSA) is 49.4 Å². The Bertz CT molecular complexity index is 1000. The van der Waals surface area contributed by atoms with Gasteiger partial charge in [0.15, 0.2) is 17.5 Å². The second-order valence-corrected chi connectivity index (χ2v) is 8.23. The number of benzene rings is 2. The Balaban J connectivity index is 1.63. The Hall–Kier alpha value is -2.54. The van der Waals surface area contributed by atoms with E-state index in [1.165, 1.54) is 0 Å². The van der Waals surface area contributed by atoms with Gasteiger partial charge in [0, 0.05) is 16.6 Å². The molecule has 1 aliphatic heterocycles. The SMILES string of the molecule is O=C(Nc1ccc(F)c(F)c1F)[C@@H]1C[C@@H]2CCCC[C@@H]2N1C(=O)c1cccc(Cl)c1. The van der Waals surface area contributed by atoms with Gasteiger partial charge in [0.2, 0.25) is 5.91 Å². The number of likely N-dealkylation sites (tertiary alicyclic amines) is 1. The molecular formula is C22H20ClF3N2O2. The Kier molecular flexibility index (Phi) is 5.73. The molecule has 2 amide bonds. The molecule has 2 fully saturated rings. The maximum absolute atomic E-state index is 14.0. The summed E-state index contributed by atoms with van der Waals surface area (Å²) in [6.07, 6.45) is 4.08. The summed E-state index contributed by atoms with van der Waals surface area (Å²) in [5, 5.41) is 2.74. The molecule has 30 heavy (non-hydrogen) atoms. The fraction of sp³-hybridized carbons (Fsp3) is 0.364. The molecule has 0 aromatic heterocycles. The van der Waals surface area contributed by atoms with E-state index in [9.17, 15) is 22.8 Å². The van der Waals surface area contributed by atoms with Crippen LogP contribution in [0.2, 0.25) is 5.02 Å². The highest BCUT2D eigenvalue weighted by Crippen LogP contribution is 2.41. The van der Waals surface area contributed by atoms with Crippen molar-refractivity contribution in [3.8, 4) is 0 Å². The van der Waals surface area contributed by atoms with Crippen LogP contribution in [0, 0.1) is 23.4 Å². The predicted octanol–water partition coefficient (Wildman–Crippen LogP) is 5.17. The van der Waals surface area contributed by atoms with E-state index in [-0.39, 0.29) is 17.9 Å².